The Balaban J connectivity index is 1.74. The highest BCUT2D eigenvalue weighted by Gasteiger charge is 2.29. The van der Waals surface area contributed by atoms with Gasteiger partial charge in [0.2, 0.25) is 0 Å². The molecule has 2 fully saturated rings. The van der Waals surface area contributed by atoms with Gasteiger partial charge in [-0.1, -0.05) is 0 Å². The first-order valence-corrected chi connectivity index (χ1v) is 6.29. The highest BCUT2D eigenvalue weighted by Crippen LogP contribution is 2.42. The van der Waals surface area contributed by atoms with Crippen molar-refractivity contribution in [1.82, 2.24) is 15.5 Å². The molecule has 1 N–H and O–H groups in total. The lowest BCUT2D eigenvalue weighted by Gasteiger charge is -2.19. The largest absolute Gasteiger partial charge is 0.316 e. The van der Waals surface area contributed by atoms with E-state index < -0.39 is 0 Å². The third kappa shape index (κ3) is 1.68. The molecule has 2 aliphatic rings. The van der Waals surface area contributed by atoms with E-state index in [0.717, 1.165) is 12.5 Å². The van der Waals surface area contributed by atoms with Gasteiger partial charge in [0.15, 0.2) is 0 Å². The van der Waals surface area contributed by atoms with Gasteiger partial charge < -0.3 is 5.32 Å². The standard InChI is InChI=1S/C10H15N3S/c1-2-8(6-11-5-1)10-13-12-9(14-10)7-3-4-7/h7-8,11H,1-6H2/t8-/m0/s1. The molecule has 1 aliphatic heterocycles. The van der Waals surface area contributed by atoms with Gasteiger partial charge >= 0.3 is 0 Å². The van der Waals surface area contributed by atoms with Gasteiger partial charge in [-0.25, -0.2) is 0 Å². The summed E-state index contributed by atoms with van der Waals surface area (Å²) in [5.74, 6) is 1.39. The van der Waals surface area contributed by atoms with E-state index in [1.807, 2.05) is 11.3 Å². The van der Waals surface area contributed by atoms with E-state index in [-0.39, 0.29) is 0 Å². The molecule has 1 saturated heterocycles. The molecule has 0 unspecified atom stereocenters. The first-order valence-electron chi connectivity index (χ1n) is 5.47. The summed E-state index contributed by atoms with van der Waals surface area (Å²) in [5, 5.41) is 14.6. The van der Waals surface area contributed by atoms with Crippen LogP contribution < -0.4 is 5.32 Å². The van der Waals surface area contributed by atoms with Gasteiger partial charge in [-0.2, -0.15) is 0 Å². The SMILES string of the molecule is C1CNC[C@@H](c2nnc(C3CC3)s2)C1. The van der Waals surface area contributed by atoms with Crippen LogP contribution >= 0.6 is 11.3 Å². The van der Waals surface area contributed by atoms with Crippen LogP contribution in [0.2, 0.25) is 0 Å². The maximum absolute atomic E-state index is 4.33. The van der Waals surface area contributed by atoms with Gasteiger partial charge in [0.25, 0.3) is 0 Å². The minimum absolute atomic E-state index is 0.633. The second-order valence-electron chi connectivity index (χ2n) is 4.30. The molecule has 3 nitrogen and oxygen atoms in total. The molecule has 0 radical (unpaired) electrons. The molecule has 0 aromatic carbocycles. The van der Waals surface area contributed by atoms with Crippen LogP contribution in [0.15, 0.2) is 0 Å². The predicted octanol–water partition coefficient (Wildman–Crippen LogP) is 1.88. The molecule has 1 aromatic rings. The van der Waals surface area contributed by atoms with Crippen LogP contribution in [-0.2, 0) is 0 Å². The lowest BCUT2D eigenvalue weighted by molar-refractivity contribution is 0.458. The summed E-state index contributed by atoms with van der Waals surface area (Å²) < 4.78 is 0. The molecule has 2 heterocycles. The maximum atomic E-state index is 4.33. The van der Waals surface area contributed by atoms with Crippen LogP contribution in [0, 0.1) is 0 Å². The van der Waals surface area contributed by atoms with Crippen LogP contribution in [0.3, 0.4) is 0 Å². The van der Waals surface area contributed by atoms with Crippen LogP contribution in [-0.4, -0.2) is 23.3 Å². The topological polar surface area (TPSA) is 37.8 Å². The molecule has 3 rings (SSSR count). The fraction of sp³-hybridized carbons (Fsp3) is 0.800. The Hall–Kier alpha value is -0.480. The quantitative estimate of drug-likeness (QED) is 0.808. The zero-order chi connectivity index (χ0) is 9.38. The van der Waals surface area contributed by atoms with Crippen LogP contribution in [0.1, 0.15) is 47.5 Å². The molecule has 1 atom stereocenters. The fourth-order valence-corrected chi connectivity index (χ4v) is 3.12. The first-order chi connectivity index (χ1) is 6.93. The van der Waals surface area contributed by atoms with Gasteiger partial charge in [-0.05, 0) is 32.2 Å². The molecule has 4 heteroatoms. The fourth-order valence-electron chi connectivity index (χ4n) is 1.97. The third-order valence-electron chi connectivity index (χ3n) is 3.03. The summed E-state index contributed by atoms with van der Waals surface area (Å²) in [6.07, 6.45) is 5.23. The average Bonchev–Trinajstić information content (AvgIpc) is 2.98. The van der Waals surface area contributed by atoms with E-state index >= 15 is 0 Å². The van der Waals surface area contributed by atoms with E-state index in [0.29, 0.717) is 5.92 Å². The van der Waals surface area contributed by atoms with Crippen molar-refractivity contribution in [2.24, 2.45) is 0 Å². The smallest absolute Gasteiger partial charge is 0.121 e. The van der Waals surface area contributed by atoms with Crippen molar-refractivity contribution in [2.45, 2.75) is 37.5 Å². The van der Waals surface area contributed by atoms with E-state index in [2.05, 4.69) is 15.5 Å². The molecule has 14 heavy (non-hydrogen) atoms. The van der Waals surface area contributed by atoms with Gasteiger partial charge in [0.1, 0.15) is 10.0 Å². The second-order valence-corrected chi connectivity index (χ2v) is 5.34. The molecule has 0 amide bonds. The highest BCUT2D eigenvalue weighted by atomic mass is 32.1. The zero-order valence-electron chi connectivity index (χ0n) is 8.20. The Kier molecular flexibility index (Phi) is 2.25. The summed E-state index contributed by atoms with van der Waals surface area (Å²) >= 11 is 1.85. The average molecular weight is 209 g/mol. The zero-order valence-corrected chi connectivity index (χ0v) is 9.02. The molecule has 1 aromatic heterocycles. The number of nitrogens with zero attached hydrogens (tertiary/aromatic N) is 2. The van der Waals surface area contributed by atoms with Gasteiger partial charge in [0.05, 0.1) is 0 Å². The van der Waals surface area contributed by atoms with E-state index in [9.17, 15) is 0 Å². The number of hydrogen-bond acceptors (Lipinski definition) is 4. The molecule has 0 bridgehead atoms. The lowest BCUT2D eigenvalue weighted by atomic mass is 10.0. The van der Waals surface area contributed by atoms with Crippen molar-refractivity contribution in [1.29, 1.82) is 0 Å². The maximum Gasteiger partial charge on any atom is 0.121 e. The predicted molar refractivity (Wildman–Crippen MR) is 56.7 cm³/mol. The van der Waals surface area contributed by atoms with E-state index in [4.69, 9.17) is 0 Å². The van der Waals surface area contributed by atoms with E-state index in [1.54, 1.807) is 0 Å². The normalized spacial score (nSPS) is 27.9. The molecule has 1 saturated carbocycles. The highest BCUT2D eigenvalue weighted by molar-refractivity contribution is 7.11. The minimum atomic E-state index is 0.633. The Morgan fingerprint density at radius 1 is 1.07 bits per heavy atom. The number of hydrogen-bond donors (Lipinski definition) is 1. The Morgan fingerprint density at radius 2 is 1.86 bits per heavy atom. The summed E-state index contributed by atoms with van der Waals surface area (Å²) in [6.45, 7) is 2.27. The molecular weight excluding hydrogens is 194 g/mol. The van der Waals surface area contributed by atoms with Gasteiger partial charge in [0, 0.05) is 18.4 Å². The summed E-state index contributed by atoms with van der Waals surface area (Å²) in [6, 6.07) is 0. The van der Waals surface area contributed by atoms with Crippen LogP contribution in [0.25, 0.3) is 0 Å². The van der Waals surface area contributed by atoms with Crippen LogP contribution in [0.5, 0.6) is 0 Å². The van der Waals surface area contributed by atoms with Gasteiger partial charge in [-0.3, -0.25) is 0 Å². The summed E-state index contributed by atoms with van der Waals surface area (Å²) in [4.78, 5) is 0. The Morgan fingerprint density at radius 3 is 2.50 bits per heavy atom. The van der Waals surface area contributed by atoms with Crippen LogP contribution in [0.4, 0.5) is 0 Å². The van der Waals surface area contributed by atoms with Crippen molar-refractivity contribution < 1.29 is 0 Å². The van der Waals surface area contributed by atoms with Crippen molar-refractivity contribution in [3.63, 3.8) is 0 Å². The Bertz CT molecular complexity index is 313. The number of aromatic nitrogens is 2. The molecule has 76 valence electrons. The van der Waals surface area contributed by atoms with E-state index in [1.165, 1.54) is 42.2 Å². The molecule has 1 aliphatic carbocycles. The minimum Gasteiger partial charge on any atom is -0.316 e. The number of rotatable bonds is 2. The second kappa shape index (κ2) is 3.59. The first kappa shape index (κ1) is 8.80. The molecular formula is C10H15N3S. The Labute approximate surface area is 87.9 Å². The molecule has 0 spiro atoms. The lowest BCUT2D eigenvalue weighted by Crippen LogP contribution is -2.28. The van der Waals surface area contributed by atoms with Crippen molar-refractivity contribution in [2.75, 3.05) is 13.1 Å². The summed E-state index contributed by atoms with van der Waals surface area (Å²) in [5.41, 5.74) is 0. The number of nitrogens with one attached hydrogen (secondary N) is 1. The van der Waals surface area contributed by atoms with Gasteiger partial charge in [-0.15, -0.1) is 21.5 Å². The van der Waals surface area contributed by atoms with Crippen molar-refractivity contribution in [3.8, 4) is 0 Å². The third-order valence-corrected chi connectivity index (χ3v) is 4.28. The number of piperidine rings is 1. The van der Waals surface area contributed by atoms with Crippen molar-refractivity contribution >= 4 is 11.3 Å². The monoisotopic (exact) mass is 209 g/mol. The summed E-state index contributed by atoms with van der Waals surface area (Å²) in [7, 11) is 0. The van der Waals surface area contributed by atoms with Crippen molar-refractivity contribution in [3.05, 3.63) is 10.0 Å².